The maximum absolute atomic E-state index is 13.8. The fraction of sp³-hybridized carbons (Fsp3) is 0.370. The van der Waals surface area contributed by atoms with Crippen molar-refractivity contribution >= 4 is 35.2 Å². The number of esters is 1. The van der Waals surface area contributed by atoms with Crippen molar-refractivity contribution < 1.29 is 28.8 Å². The molecule has 222 valence electrons. The number of imide groups is 1. The molecular formula is C27H29ClN6O8. The van der Waals surface area contributed by atoms with Crippen LogP contribution in [0.2, 0.25) is 5.02 Å². The van der Waals surface area contributed by atoms with Gasteiger partial charge in [0, 0.05) is 30.6 Å². The lowest BCUT2D eigenvalue weighted by atomic mass is 9.97. The van der Waals surface area contributed by atoms with Gasteiger partial charge in [-0.05, 0) is 43.2 Å². The Morgan fingerprint density at radius 2 is 1.95 bits per heavy atom. The number of nitro benzene ring substituents is 1. The molecule has 0 fully saturated rings. The van der Waals surface area contributed by atoms with E-state index in [0.717, 1.165) is 11.0 Å². The number of aromatic nitrogens is 3. The van der Waals surface area contributed by atoms with Crippen molar-refractivity contribution in [3.8, 4) is 5.75 Å². The molecule has 0 bridgehead atoms. The predicted octanol–water partition coefficient (Wildman–Crippen LogP) is 3.14. The van der Waals surface area contributed by atoms with E-state index in [0.29, 0.717) is 16.3 Å². The van der Waals surface area contributed by atoms with Gasteiger partial charge < -0.3 is 14.8 Å². The summed E-state index contributed by atoms with van der Waals surface area (Å²) < 4.78 is 13.4. The van der Waals surface area contributed by atoms with Gasteiger partial charge in [0.15, 0.2) is 12.1 Å². The number of hydrogen-bond donors (Lipinski definition) is 1. The van der Waals surface area contributed by atoms with Crippen molar-refractivity contribution in [2.75, 3.05) is 7.11 Å². The molecule has 2 atom stereocenters. The first kappa shape index (κ1) is 30.2. The van der Waals surface area contributed by atoms with E-state index >= 15 is 0 Å². The second kappa shape index (κ2) is 12.9. The number of para-hydroxylation sites is 1. The van der Waals surface area contributed by atoms with Crippen LogP contribution in [0.3, 0.4) is 0 Å². The largest absolute Gasteiger partial charge is 0.496 e. The molecule has 14 nitrogen and oxygen atoms in total. The summed E-state index contributed by atoms with van der Waals surface area (Å²) in [6.45, 7) is 3.29. The molecule has 0 aliphatic carbocycles. The minimum atomic E-state index is -1.22. The molecule has 2 heterocycles. The zero-order chi connectivity index (χ0) is 30.6. The van der Waals surface area contributed by atoms with Crippen molar-refractivity contribution in [1.82, 2.24) is 24.6 Å². The van der Waals surface area contributed by atoms with Crippen LogP contribution in [0.25, 0.3) is 0 Å². The van der Waals surface area contributed by atoms with Crippen LogP contribution in [-0.4, -0.2) is 55.4 Å². The Morgan fingerprint density at radius 1 is 1.21 bits per heavy atom. The number of nitro groups is 1. The fourth-order valence-corrected chi connectivity index (χ4v) is 4.85. The zero-order valence-electron chi connectivity index (χ0n) is 23.1. The lowest BCUT2D eigenvalue weighted by molar-refractivity contribution is -0.385. The third kappa shape index (κ3) is 6.28. The summed E-state index contributed by atoms with van der Waals surface area (Å²) in [7, 11) is 1.48. The van der Waals surface area contributed by atoms with Crippen LogP contribution in [-0.2, 0) is 35.6 Å². The van der Waals surface area contributed by atoms with E-state index in [4.69, 9.17) is 21.1 Å². The van der Waals surface area contributed by atoms with Crippen LogP contribution in [0.1, 0.15) is 42.0 Å². The molecule has 0 saturated heterocycles. The van der Waals surface area contributed by atoms with Crippen LogP contribution in [0.15, 0.2) is 47.3 Å². The molecular weight excluding hydrogens is 572 g/mol. The smallest absolute Gasteiger partial charge is 0.347 e. The standard InChI is InChI=1S/C27H29ClN6O8/c1-4-23(42-25(36)19-8-6-7-9-20(19)34(39)40)29-26(37)32-15-22-30-33(5-2)27(38)31(22)14-17(24(32)35)12-16-13-18(28)10-11-21(16)41-3/h6-11,13,17,23H,4-5,12,14-15H2,1-3H3,(H,29,37)/t17-,23+/m0/s1. The van der Waals surface area contributed by atoms with Crippen LogP contribution in [0.4, 0.5) is 10.5 Å². The number of urea groups is 1. The van der Waals surface area contributed by atoms with E-state index in [-0.39, 0.29) is 43.9 Å². The summed E-state index contributed by atoms with van der Waals surface area (Å²) in [5, 5.41) is 18.6. The zero-order valence-corrected chi connectivity index (χ0v) is 23.9. The number of amides is 3. The number of nitrogens with zero attached hydrogens (tertiary/aromatic N) is 5. The average molecular weight is 601 g/mol. The maximum atomic E-state index is 13.8. The van der Waals surface area contributed by atoms with Crippen molar-refractivity contribution in [1.29, 1.82) is 0 Å². The highest BCUT2D eigenvalue weighted by molar-refractivity contribution is 6.30. The van der Waals surface area contributed by atoms with E-state index in [1.807, 2.05) is 0 Å². The summed E-state index contributed by atoms with van der Waals surface area (Å²) >= 11 is 6.19. The second-order valence-electron chi connectivity index (χ2n) is 9.43. The molecule has 1 N–H and O–H groups in total. The monoisotopic (exact) mass is 600 g/mol. The summed E-state index contributed by atoms with van der Waals surface area (Å²) in [5.74, 6) is -1.81. The van der Waals surface area contributed by atoms with E-state index in [9.17, 15) is 29.3 Å². The topological polar surface area (TPSA) is 168 Å². The van der Waals surface area contributed by atoms with E-state index in [1.54, 1.807) is 32.0 Å². The van der Waals surface area contributed by atoms with Crippen molar-refractivity contribution in [3.63, 3.8) is 0 Å². The first-order valence-electron chi connectivity index (χ1n) is 13.1. The van der Waals surface area contributed by atoms with Crippen molar-refractivity contribution in [2.24, 2.45) is 5.92 Å². The van der Waals surface area contributed by atoms with Crippen LogP contribution in [0, 0.1) is 16.0 Å². The quantitative estimate of drug-likeness (QED) is 0.168. The van der Waals surface area contributed by atoms with Gasteiger partial charge in [0.25, 0.3) is 5.69 Å². The Morgan fingerprint density at radius 3 is 2.62 bits per heavy atom. The van der Waals surface area contributed by atoms with Gasteiger partial charge in [0.1, 0.15) is 11.3 Å². The highest BCUT2D eigenvalue weighted by atomic mass is 35.5. The molecule has 0 unspecified atom stereocenters. The molecule has 0 saturated carbocycles. The number of carbonyl (C=O) groups excluding carboxylic acids is 3. The van der Waals surface area contributed by atoms with Gasteiger partial charge in [-0.15, -0.1) is 0 Å². The summed E-state index contributed by atoms with van der Waals surface area (Å²) in [4.78, 5) is 64.6. The molecule has 1 aromatic heterocycles. The SMILES string of the molecule is CC[C@H](NC(=O)N1Cc2nn(CC)c(=O)n2C[C@H](Cc2cc(Cl)ccc2OC)C1=O)OC(=O)c1ccccc1[N+](=O)[O-]. The first-order chi connectivity index (χ1) is 20.1. The molecule has 1 aliphatic rings. The molecule has 42 heavy (non-hydrogen) atoms. The number of hydrogen-bond acceptors (Lipinski definition) is 9. The van der Waals surface area contributed by atoms with Gasteiger partial charge in [-0.1, -0.05) is 30.7 Å². The first-order valence-corrected chi connectivity index (χ1v) is 13.5. The second-order valence-corrected chi connectivity index (χ2v) is 9.87. The third-order valence-electron chi connectivity index (χ3n) is 6.80. The highest BCUT2D eigenvalue weighted by Gasteiger charge is 2.37. The fourth-order valence-electron chi connectivity index (χ4n) is 4.65. The van der Waals surface area contributed by atoms with Crippen molar-refractivity contribution in [2.45, 2.75) is 52.6 Å². The number of fused-ring (bicyclic) bond motifs is 1. The number of aryl methyl sites for hydroxylation is 1. The summed E-state index contributed by atoms with van der Waals surface area (Å²) in [5.41, 5.74) is -0.552. The Bertz CT molecular complexity index is 1580. The molecule has 4 rings (SSSR count). The van der Waals surface area contributed by atoms with Crippen LogP contribution >= 0.6 is 11.6 Å². The molecule has 2 aromatic carbocycles. The lowest BCUT2D eigenvalue weighted by Crippen LogP contribution is -2.50. The Kier molecular flexibility index (Phi) is 9.25. The van der Waals surface area contributed by atoms with Gasteiger partial charge in [0.2, 0.25) is 5.91 Å². The molecule has 15 heteroatoms. The van der Waals surface area contributed by atoms with E-state index in [1.165, 1.54) is 34.6 Å². The number of halogens is 1. The van der Waals surface area contributed by atoms with Gasteiger partial charge in [-0.2, -0.15) is 5.10 Å². The number of nitrogens with one attached hydrogen (secondary N) is 1. The minimum Gasteiger partial charge on any atom is -0.496 e. The lowest BCUT2D eigenvalue weighted by Gasteiger charge is -2.25. The Balaban J connectivity index is 1.62. The molecule has 1 aliphatic heterocycles. The Hall–Kier alpha value is -4.72. The number of benzene rings is 2. The third-order valence-corrected chi connectivity index (χ3v) is 7.03. The molecule has 3 aromatic rings. The van der Waals surface area contributed by atoms with Gasteiger partial charge in [-0.25, -0.2) is 19.1 Å². The van der Waals surface area contributed by atoms with Crippen LogP contribution in [0.5, 0.6) is 5.75 Å². The minimum absolute atomic E-state index is 0.0453. The van der Waals surface area contributed by atoms with E-state index < -0.39 is 46.4 Å². The molecule has 0 radical (unpaired) electrons. The van der Waals surface area contributed by atoms with Gasteiger partial charge in [0.05, 0.1) is 24.5 Å². The summed E-state index contributed by atoms with van der Waals surface area (Å²) in [6, 6.07) is 9.32. The van der Waals surface area contributed by atoms with Crippen molar-refractivity contribution in [3.05, 3.63) is 85.0 Å². The number of ether oxygens (including phenoxy) is 2. The predicted molar refractivity (Wildman–Crippen MR) is 149 cm³/mol. The average Bonchev–Trinajstić information content (AvgIpc) is 3.20. The number of carbonyl (C=O) groups is 3. The Labute approximate surface area is 244 Å². The highest BCUT2D eigenvalue weighted by Crippen LogP contribution is 2.28. The normalized spacial score (nSPS) is 15.4. The van der Waals surface area contributed by atoms with Crippen LogP contribution < -0.4 is 15.7 Å². The van der Waals surface area contributed by atoms with Gasteiger partial charge in [-0.3, -0.25) is 24.4 Å². The maximum Gasteiger partial charge on any atom is 0.347 e. The number of methoxy groups -OCH3 is 1. The van der Waals surface area contributed by atoms with E-state index in [2.05, 4.69) is 10.4 Å². The molecule has 0 spiro atoms. The molecule has 3 amide bonds. The van der Waals surface area contributed by atoms with Gasteiger partial charge >= 0.3 is 17.7 Å². The number of rotatable bonds is 9. The summed E-state index contributed by atoms with van der Waals surface area (Å²) in [6.07, 6.45) is -1.03.